The van der Waals surface area contributed by atoms with Crippen LogP contribution in [-0.2, 0) is 4.79 Å². The minimum Gasteiger partial charge on any atom is -0.496 e. The quantitative estimate of drug-likeness (QED) is 0.512. The second-order valence-electron chi connectivity index (χ2n) is 7.30. The summed E-state index contributed by atoms with van der Waals surface area (Å²) in [5, 5.41) is 8.75. The third kappa shape index (κ3) is 3.18. The predicted octanol–water partition coefficient (Wildman–Crippen LogP) is 3.72. The first-order valence-electron chi connectivity index (χ1n) is 9.66. The van der Waals surface area contributed by atoms with Crippen LogP contribution in [0.25, 0.3) is 22.3 Å². The van der Waals surface area contributed by atoms with E-state index >= 15 is 0 Å². The molecule has 4 rings (SSSR count). The Labute approximate surface area is 174 Å². The van der Waals surface area contributed by atoms with E-state index in [2.05, 4.69) is 34.2 Å². The van der Waals surface area contributed by atoms with E-state index in [1.807, 2.05) is 34.7 Å². The van der Waals surface area contributed by atoms with Crippen LogP contribution in [0.1, 0.15) is 43.6 Å². The molecule has 0 aliphatic heterocycles. The fourth-order valence-corrected chi connectivity index (χ4v) is 3.82. The Morgan fingerprint density at radius 3 is 2.50 bits per heavy atom. The number of fused-ring (bicyclic) bond motifs is 3. The van der Waals surface area contributed by atoms with Gasteiger partial charge in [-0.3, -0.25) is 14.2 Å². The van der Waals surface area contributed by atoms with E-state index in [0.29, 0.717) is 33.7 Å². The summed E-state index contributed by atoms with van der Waals surface area (Å²) >= 11 is 0. The number of hydrogen-bond acceptors (Lipinski definition) is 6. The molecule has 0 bridgehead atoms. The Balaban J connectivity index is 2.00. The van der Waals surface area contributed by atoms with Gasteiger partial charge in [0.2, 0.25) is 0 Å². The highest BCUT2D eigenvalue weighted by Gasteiger charge is 2.21. The number of carbonyl (C=O) groups excluding carboxylic acids is 1. The number of ketones is 1. The topological polar surface area (TPSA) is 95.4 Å². The smallest absolute Gasteiger partial charge is 0.179 e. The van der Waals surface area contributed by atoms with Crippen molar-refractivity contribution < 1.29 is 9.53 Å². The van der Waals surface area contributed by atoms with Gasteiger partial charge in [-0.05, 0) is 25.5 Å². The molecule has 7 nitrogen and oxygen atoms in total. The number of methoxy groups -OCH3 is 1. The molecule has 7 heteroatoms. The average Bonchev–Trinajstić information content (AvgIpc) is 3.17. The number of carbonyl (C=O) groups is 1. The van der Waals surface area contributed by atoms with Crippen LogP contribution in [0.2, 0.25) is 0 Å². The molecular weight excluding hydrogens is 378 g/mol. The van der Waals surface area contributed by atoms with E-state index < -0.39 is 0 Å². The molecule has 0 unspecified atom stereocenters. The molecule has 2 heterocycles. The molecule has 30 heavy (non-hydrogen) atoms. The Hall–Kier alpha value is -3.74. The van der Waals surface area contributed by atoms with E-state index in [1.165, 1.54) is 6.92 Å². The number of Topliss-reactive ketones (excluding diaryl/α,β-unsaturated/α-hetero) is 1. The lowest BCUT2D eigenvalue weighted by Crippen LogP contribution is -2.08. The van der Waals surface area contributed by atoms with Gasteiger partial charge in [0, 0.05) is 28.8 Å². The van der Waals surface area contributed by atoms with Crippen LogP contribution in [0.15, 0.2) is 54.4 Å². The first-order valence-corrected chi connectivity index (χ1v) is 9.66. The number of benzene rings is 2. The van der Waals surface area contributed by atoms with Crippen molar-refractivity contribution in [1.82, 2.24) is 19.6 Å². The Kier molecular flexibility index (Phi) is 4.95. The van der Waals surface area contributed by atoms with Gasteiger partial charge < -0.3 is 10.5 Å². The molecule has 0 radical (unpaired) electrons. The number of nitrogens with zero attached hydrogens (tertiary/aromatic N) is 4. The molecule has 0 fully saturated rings. The lowest BCUT2D eigenvalue weighted by molar-refractivity contribution is -0.111. The van der Waals surface area contributed by atoms with Crippen LogP contribution < -0.4 is 10.5 Å². The number of rotatable bonds is 5. The zero-order valence-electron chi connectivity index (χ0n) is 17.4. The number of allylic oxidation sites excluding steroid dienone is 2. The molecule has 0 aliphatic carbocycles. The molecule has 0 spiro atoms. The van der Waals surface area contributed by atoms with Crippen molar-refractivity contribution in [1.29, 1.82) is 0 Å². The van der Waals surface area contributed by atoms with Crippen molar-refractivity contribution in [3.05, 3.63) is 71.3 Å². The molecule has 0 aliphatic rings. The second-order valence-corrected chi connectivity index (χ2v) is 7.30. The van der Waals surface area contributed by atoms with Gasteiger partial charge in [0.25, 0.3) is 0 Å². The highest BCUT2D eigenvalue weighted by molar-refractivity contribution is 6.21. The van der Waals surface area contributed by atoms with Crippen LogP contribution in [0, 0.1) is 0 Å². The van der Waals surface area contributed by atoms with Crippen molar-refractivity contribution in [2.75, 3.05) is 7.11 Å². The zero-order chi connectivity index (χ0) is 21.4. The third-order valence-electron chi connectivity index (χ3n) is 5.27. The average molecular weight is 401 g/mol. The van der Waals surface area contributed by atoms with Gasteiger partial charge in [0.15, 0.2) is 11.4 Å². The summed E-state index contributed by atoms with van der Waals surface area (Å²) in [5.41, 5.74) is 10.8. The van der Waals surface area contributed by atoms with Gasteiger partial charge in [-0.2, -0.15) is 0 Å². The Morgan fingerprint density at radius 1 is 1.13 bits per heavy atom. The molecule has 2 N–H and O–H groups in total. The van der Waals surface area contributed by atoms with Crippen molar-refractivity contribution in [3.63, 3.8) is 0 Å². The van der Waals surface area contributed by atoms with E-state index in [9.17, 15) is 4.79 Å². The van der Waals surface area contributed by atoms with Gasteiger partial charge in [-0.25, -0.2) is 0 Å². The number of hydrogen-bond donors (Lipinski definition) is 1. The van der Waals surface area contributed by atoms with Crippen LogP contribution in [0.5, 0.6) is 5.75 Å². The maximum absolute atomic E-state index is 12.2. The first-order chi connectivity index (χ1) is 14.4. The van der Waals surface area contributed by atoms with Crippen molar-refractivity contribution in [2.45, 2.75) is 26.7 Å². The predicted molar refractivity (Wildman–Crippen MR) is 116 cm³/mol. The van der Waals surface area contributed by atoms with E-state index in [0.717, 1.165) is 16.9 Å². The first kappa shape index (κ1) is 19.6. The second kappa shape index (κ2) is 7.59. The van der Waals surface area contributed by atoms with Crippen LogP contribution in [0.3, 0.4) is 0 Å². The van der Waals surface area contributed by atoms with Crippen LogP contribution in [-0.4, -0.2) is 32.5 Å². The summed E-state index contributed by atoms with van der Waals surface area (Å²) in [4.78, 5) is 16.8. The zero-order valence-corrected chi connectivity index (χ0v) is 17.4. The fraction of sp³-hybridized carbons (Fsp3) is 0.217. The third-order valence-corrected chi connectivity index (χ3v) is 5.27. The number of aromatic nitrogens is 4. The fourth-order valence-electron chi connectivity index (χ4n) is 3.82. The van der Waals surface area contributed by atoms with Gasteiger partial charge >= 0.3 is 0 Å². The van der Waals surface area contributed by atoms with Crippen molar-refractivity contribution in [2.24, 2.45) is 5.73 Å². The highest BCUT2D eigenvalue weighted by atomic mass is 16.5. The molecule has 0 amide bonds. The van der Waals surface area contributed by atoms with Gasteiger partial charge in [0.1, 0.15) is 11.6 Å². The maximum Gasteiger partial charge on any atom is 0.179 e. The molecule has 2 aromatic heterocycles. The molecule has 1 atom stereocenters. The lowest BCUT2D eigenvalue weighted by atomic mass is 9.98. The van der Waals surface area contributed by atoms with Gasteiger partial charge in [0.05, 0.1) is 24.3 Å². The summed E-state index contributed by atoms with van der Waals surface area (Å²) in [5.74, 6) is 1.24. The normalized spacial score (nSPS) is 13.3. The highest BCUT2D eigenvalue weighted by Crippen LogP contribution is 2.33. The minimum absolute atomic E-state index is 0.0245. The lowest BCUT2D eigenvalue weighted by Gasteiger charge is -2.15. The minimum atomic E-state index is -0.128. The van der Waals surface area contributed by atoms with E-state index in [4.69, 9.17) is 10.5 Å². The molecular formula is C23H23N5O2. The largest absolute Gasteiger partial charge is 0.496 e. The standard InChI is InChI=1S/C23H23N5O2/c1-13(16-8-6-5-7-9-16)23-27-26-21-12-25-18-10-17(22(14(2)24)15(3)29)20(30-4)11-19(18)28(21)23/h5-13H,24H2,1-4H3/t13-/m0/s1. The van der Waals surface area contributed by atoms with Crippen LogP contribution >= 0.6 is 0 Å². The monoisotopic (exact) mass is 401 g/mol. The molecule has 0 saturated heterocycles. The summed E-state index contributed by atoms with van der Waals surface area (Å²) < 4.78 is 7.61. The summed E-state index contributed by atoms with van der Waals surface area (Å²) in [7, 11) is 1.57. The van der Waals surface area contributed by atoms with Gasteiger partial charge in [-0.1, -0.05) is 37.3 Å². The SMILES string of the molecule is COc1cc2c(cc1C(C(C)=O)=C(C)N)ncc1nnc([C@@H](C)c3ccccc3)n12. The van der Waals surface area contributed by atoms with Gasteiger partial charge in [-0.15, -0.1) is 10.2 Å². The van der Waals surface area contributed by atoms with Crippen molar-refractivity contribution in [3.8, 4) is 5.75 Å². The molecule has 2 aromatic carbocycles. The number of ether oxygens (including phenoxy) is 1. The number of nitrogens with two attached hydrogens (primary N) is 1. The molecule has 0 saturated carbocycles. The Morgan fingerprint density at radius 2 is 1.87 bits per heavy atom. The van der Waals surface area contributed by atoms with Crippen LogP contribution in [0.4, 0.5) is 0 Å². The Bertz CT molecular complexity index is 1290. The summed E-state index contributed by atoms with van der Waals surface area (Å²) in [6, 6.07) is 13.8. The summed E-state index contributed by atoms with van der Waals surface area (Å²) in [6.45, 7) is 5.29. The maximum atomic E-state index is 12.2. The van der Waals surface area contributed by atoms with Crippen molar-refractivity contribution >= 4 is 28.0 Å². The van der Waals surface area contributed by atoms with E-state index in [-0.39, 0.29) is 11.7 Å². The van der Waals surface area contributed by atoms with E-state index in [1.54, 1.807) is 20.2 Å². The molecule has 152 valence electrons. The molecule has 4 aromatic rings. The summed E-state index contributed by atoms with van der Waals surface area (Å²) in [6.07, 6.45) is 1.68.